The molecular formula is C20H23N5O2. The first-order valence-electron chi connectivity index (χ1n) is 8.76. The van der Waals surface area contributed by atoms with Crippen LogP contribution in [0.15, 0.2) is 53.5 Å². The fourth-order valence-electron chi connectivity index (χ4n) is 3.19. The van der Waals surface area contributed by atoms with Crippen molar-refractivity contribution in [2.45, 2.75) is 12.8 Å². The average Bonchev–Trinajstić information content (AvgIpc) is 3.10. The lowest BCUT2D eigenvalue weighted by atomic mass is 10.1. The van der Waals surface area contributed by atoms with Crippen molar-refractivity contribution in [2.75, 3.05) is 29.9 Å². The van der Waals surface area contributed by atoms with Gasteiger partial charge in [-0.2, -0.15) is 0 Å². The maximum atomic E-state index is 10.7. The zero-order valence-corrected chi connectivity index (χ0v) is 15.2. The van der Waals surface area contributed by atoms with Gasteiger partial charge in [-0.1, -0.05) is 12.1 Å². The van der Waals surface area contributed by atoms with E-state index in [-0.39, 0.29) is 12.3 Å². The average molecular weight is 365 g/mol. The number of carboxylic acid groups (broad SMARTS) is 1. The van der Waals surface area contributed by atoms with Gasteiger partial charge in [-0.3, -0.25) is 15.2 Å². The van der Waals surface area contributed by atoms with Crippen molar-refractivity contribution in [1.82, 2.24) is 0 Å². The van der Waals surface area contributed by atoms with Crippen LogP contribution < -0.4 is 15.5 Å². The molecule has 1 saturated heterocycles. The second-order valence-electron chi connectivity index (χ2n) is 6.35. The van der Waals surface area contributed by atoms with Crippen LogP contribution in [-0.4, -0.2) is 43.0 Å². The molecule has 0 aliphatic carbocycles. The minimum atomic E-state index is -0.787. The Hall–Kier alpha value is -3.35. The van der Waals surface area contributed by atoms with E-state index in [0.29, 0.717) is 12.0 Å². The summed E-state index contributed by atoms with van der Waals surface area (Å²) in [6.45, 7) is 1.60. The molecule has 3 rings (SSSR count). The molecule has 1 fully saturated rings. The van der Waals surface area contributed by atoms with E-state index < -0.39 is 5.97 Å². The third kappa shape index (κ3) is 4.08. The molecule has 0 amide bonds. The minimum Gasteiger partial charge on any atom is -0.481 e. The molecule has 4 N–H and O–H groups in total. The molecule has 140 valence electrons. The van der Waals surface area contributed by atoms with E-state index in [1.54, 1.807) is 7.05 Å². The predicted octanol–water partition coefficient (Wildman–Crippen LogP) is 2.30. The Morgan fingerprint density at radius 2 is 1.59 bits per heavy atom. The molecular weight excluding hydrogens is 342 g/mol. The van der Waals surface area contributed by atoms with E-state index in [1.165, 1.54) is 0 Å². The summed E-state index contributed by atoms with van der Waals surface area (Å²) < 4.78 is 0. The Kier molecular flexibility index (Phi) is 5.40. The third-order valence-corrected chi connectivity index (χ3v) is 4.60. The quantitative estimate of drug-likeness (QED) is 0.538. The topological polar surface area (TPSA) is 106 Å². The number of hydrogen-bond donors (Lipinski definition) is 3. The van der Waals surface area contributed by atoms with Gasteiger partial charge in [0.15, 0.2) is 0 Å². The summed E-state index contributed by atoms with van der Waals surface area (Å²) in [5, 5.41) is 16.3. The van der Waals surface area contributed by atoms with Gasteiger partial charge in [0.05, 0.1) is 0 Å². The molecule has 2 aromatic carbocycles. The lowest BCUT2D eigenvalue weighted by molar-refractivity contribution is -0.136. The number of carbonyl (C=O) groups is 1. The van der Waals surface area contributed by atoms with Gasteiger partial charge in [-0.05, 0) is 48.4 Å². The predicted molar refractivity (Wildman–Crippen MR) is 108 cm³/mol. The Bertz CT molecular complexity index is 859. The Morgan fingerprint density at radius 3 is 2.04 bits per heavy atom. The first kappa shape index (κ1) is 18.4. The molecule has 0 radical (unpaired) electrons. The number of carboxylic acids is 1. The van der Waals surface area contributed by atoms with E-state index in [0.717, 1.165) is 36.0 Å². The highest BCUT2D eigenvalue weighted by molar-refractivity contribution is 6.09. The summed E-state index contributed by atoms with van der Waals surface area (Å²) in [6.07, 6.45) is 0.660. The van der Waals surface area contributed by atoms with Crippen LogP contribution in [0.3, 0.4) is 0 Å². The maximum absolute atomic E-state index is 10.7. The number of nitrogen functional groups attached to an aromatic ring is 1. The van der Waals surface area contributed by atoms with Crippen molar-refractivity contribution in [3.63, 3.8) is 0 Å². The molecule has 7 nitrogen and oxygen atoms in total. The molecule has 0 unspecified atom stereocenters. The van der Waals surface area contributed by atoms with E-state index >= 15 is 0 Å². The van der Waals surface area contributed by atoms with Crippen LogP contribution in [0.2, 0.25) is 0 Å². The fraction of sp³-hybridized carbons (Fsp3) is 0.250. The van der Waals surface area contributed by atoms with Crippen LogP contribution in [-0.2, 0) is 11.2 Å². The fourth-order valence-corrected chi connectivity index (χ4v) is 3.19. The summed E-state index contributed by atoms with van der Waals surface area (Å²) in [4.78, 5) is 19.4. The van der Waals surface area contributed by atoms with Crippen LogP contribution in [0.5, 0.6) is 0 Å². The number of nitrogens with zero attached hydrogens (tertiary/aromatic N) is 3. The van der Waals surface area contributed by atoms with Gasteiger partial charge in [0.25, 0.3) is 0 Å². The van der Waals surface area contributed by atoms with Crippen molar-refractivity contribution >= 4 is 29.1 Å². The van der Waals surface area contributed by atoms with Crippen LogP contribution in [0.25, 0.3) is 0 Å². The molecule has 2 aromatic rings. The molecule has 0 atom stereocenters. The van der Waals surface area contributed by atoms with E-state index in [2.05, 4.69) is 14.8 Å². The number of hydrogen-bond acceptors (Lipinski definition) is 3. The molecule has 0 aromatic heterocycles. The number of aryl methyl sites for hydroxylation is 1. The SMILES string of the molecule is CN=C1N(c2ccc(CCC(=O)O)cc2)CCN1c1ccc(C(=N)N)cc1. The number of nitrogens with one attached hydrogen (secondary N) is 1. The Morgan fingerprint density at radius 1 is 1.07 bits per heavy atom. The van der Waals surface area contributed by atoms with Crippen molar-refractivity contribution in [2.24, 2.45) is 10.7 Å². The Labute approximate surface area is 158 Å². The summed E-state index contributed by atoms with van der Waals surface area (Å²) >= 11 is 0. The highest BCUT2D eigenvalue weighted by Gasteiger charge is 2.28. The highest BCUT2D eigenvalue weighted by atomic mass is 16.4. The second-order valence-corrected chi connectivity index (χ2v) is 6.35. The van der Waals surface area contributed by atoms with Gasteiger partial charge < -0.3 is 20.6 Å². The van der Waals surface area contributed by atoms with Crippen LogP contribution in [0, 0.1) is 5.41 Å². The first-order chi connectivity index (χ1) is 13.0. The second kappa shape index (κ2) is 7.90. The molecule has 0 spiro atoms. The summed E-state index contributed by atoms with van der Waals surface area (Å²) in [6, 6.07) is 15.5. The molecule has 1 aliphatic rings. The molecule has 1 heterocycles. The standard InChI is InChI=1S/C20H23N5O2/c1-23-20-24(16-7-2-14(3-8-16)4-11-18(26)27)12-13-25(20)17-9-5-15(6-10-17)19(21)22/h2-3,5-10H,4,11-13H2,1H3,(H3,21,22)(H,26,27). The van der Waals surface area contributed by atoms with Crippen LogP contribution in [0.1, 0.15) is 17.5 Å². The van der Waals surface area contributed by atoms with Crippen LogP contribution in [0.4, 0.5) is 11.4 Å². The molecule has 7 heteroatoms. The number of nitrogens with two attached hydrogens (primary N) is 1. The smallest absolute Gasteiger partial charge is 0.303 e. The normalized spacial score (nSPS) is 15.4. The zero-order valence-electron chi connectivity index (χ0n) is 15.2. The van der Waals surface area contributed by atoms with E-state index in [4.69, 9.17) is 16.2 Å². The maximum Gasteiger partial charge on any atom is 0.303 e. The van der Waals surface area contributed by atoms with Gasteiger partial charge in [-0.25, -0.2) is 0 Å². The van der Waals surface area contributed by atoms with Crippen LogP contribution >= 0.6 is 0 Å². The number of benzene rings is 2. The number of anilines is 2. The Balaban J connectivity index is 1.76. The van der Waals surface area contributed by atoms with Crippen molar-refractivity contribution in [3.8, 4) is 0 Å². The monoisotopic (exact) mass is 365 g/mol. The van der Waals surface area contributed by atoms with E-state index in [9.17, 15) is 4.79 Å². The third-order valence-electron chi connectivity index (χ3n) is 4.60. The number of rotatable bonds is 6. The van der Waals surface area contributed by atoms with E-state index in [1.807, 2.05) is 48.5 Å². The number of aliphatic carboxylic acids is 1. The molecule has 0 saturated carbocycles. The lowest BCUT2D eigenvalue weighted by Crippen LogP contribution is -2.33. The number of aliphatic imine (C=N–C) groups is 1. The molecule has 27 heavy (non-hydrogen) atoms. The van der Waals surface area contributed by atoms with Gasteiger partial charge >= 0.3 is 5.97 Å². The van der Waals surface area contributed by atoms with Gasteiger partial charge in [0.2, 0.25) is 5.96 Å². The summed E-state index contributed by atoms with van der Waals surface area (Å²) in [5.41, 5.74) is 9.25. The van der Waals surface area contributed by atoms with Gasteiger partial charge in [0, 0.05) is 43.5 Å². The minimum absolute atomic E-state index is 0.0527. The number of amidine groups is 1. The molecule has 1 aliphatic heterocycles. The lowest BCUT2D eigenvalue weighted by Gasteiger charge is -2.23. The van der Waals surface area contributed by atoms with Crippen molar-refractivity contribution in [3.05, 3.63) is 59.7 Å². The van der Waals surface area contributed by atoms with Crippen molar-refractivity contribution < 1.29 is 9.90 Å². The first-order valence-corrected chi connectivity index (χ1v) is 8.76. The molecule has 0 bridgehead atoms. The van der Waals surface area contributed by atoms with Crippen molar-refractivity contribution in [1.29, 1.82) is 5.41 Å². The summed E-state index contributed by atoms with van der Waals surface area (Å²) in [7, 11) is 1.77. The summed E-state index contributed by atoms with van der Waals surface area (Å²) in [5.74, 6) is 0.117. The number of guanidine groups is 1. The largest absolute Gasteiger partial charge is 0.481 e. The van der Waals surface area contributed by atoms with Gasteiger partial charge in [0.1, 0.15) is 5.84 Å². The zero-order chi connectivity index (χ0) is 19.4. The highest BCUT2D eigenvalue weighted by Crippen LogP contribution is 2.26. The van der Waals surface area contributed by atoms with Gasteiger partial charge in [-0.15, -0.1) is 0 Å².